The molecule has 0 saturated carbocycles. The number of likely N-dealkylation sites (tertiary alicyclic amines) is 1. The number of piperidine rings is 1. The summed E-state index contributed by atoms with van der Waals surface area (Å²) in [6.45, 7) is 6.16. The molecule has 1 aromatic carbocycles. The van der Waals surface area contributed by atoms with Gasteiger partial charge in [-0.3, -0.25) is 14.6 Å². The number of H-pyrrole nitrogens is 1. The van der Waals surface area contributed by atoms with Crippen molar-refractivity contribution in [3.05, 3.63) is 36.0 Å². The first-order valence-electron chi connectivity index (χ1n) is 10.5. The van der Waals surface area contributed by atoms with Crippen LogP contribution in [0.2, 0.25) is 0 Å². The standard InChI is InChI=1S/C22H31N5O2/c1-4-27-21(29)26(14-13-24(2)3)20(28)22(27)9-11-25(12-10-22)16-18-15-17-7-5-6-8-19(17)23-18/h5-8,15,23H,4,9-14,16H2,1-3H3. The quantitative estimate of drug-likeness (QED) is 0.760. The Morgan fingerprint density at radius 3 is 2.52 bits per heavy atom. The average Bonchev–Trinajstić information content (AvgIpc) is 3.19. The second kappa shape index (κ2) is 7.80. The van der Waals surface area contributed by atoms with Crippen molar-refractivity contribution in [2.75, 3.05) is 46.8 Å². The van der Waals surface area contributed by atoms with Gasteiger partial charge in [0.05, 0.1) is 0 Å². The second-order valence-corrected chi connectivity index (χ2v) is 8.48. The molecule has 2 fully saturated rings. The molecule has 0 aliphatic carbocycles. The summed E-state index contributed by atoms with van der Waals surface area (Å²) in [5.41, 5.74) is 1.69. The van der Waals surface area contributed by atoms with Gasteiger partial charge in [-0.1, -0.05) is 18.2 Å². The number of nitrogens with zero attached hydrogens (tertiary/aromatic N) is 4. The molecule has 1 spiro atoms. The summed E-state index contributed by atoms with van der Waals surface area (Å²) < 4.78 is 0. The lowest BCUT2D eigenvalue weighted by Gasteiger charge is -2.41. The molecule has 3 heterocycles. The Morgan fingerprint density at radius 2 is 1.86 bits per heavy atom. The van der Waals surface area contributed by atoms with E-state index in [4.69, 9.17) is 0 Å². The average molecular weight is 398 g/mol. The first kappa shape index (κ1) is 19.9. The van der Waals surface area contributed by atoms with Gasteiger partial charge < -0.3 is 14.8 Å². The number of rotatable bonds is 6. The van der Waals surface area contributed by atoms with Crippen LogP contribution < -0.4 is 0 Å². The van der Waals surface area contributed by atoms with Gasteiger partial charge in [-0.2, -0.15) is 0 Å². The maximum absolute atomic E-state index is 13.3. The van der Waals surface area contributed by atoms with Gasteiger partial charge in [0.25, 0.3) is 5.91 Å². The van der Waals surface area contributed by atoms with E-state index in [0.29, 0.717) is 32.5 Å². The summed E-state index contributed by atoms with van der Waals surface area (Å²) >= 11 is 0. The van der Waals surface area contributed by atoms with E-state index >= 15 is 0 Å². The first-order chi connectivity index (χ1) is 13.9. The highest BCUT2D eigenvalue weighted by Gasteiger charge is 2.57. The number of likely N-dealkylation sites (N-methyl/N-ethyl adjacent to an activating group) is 2. The minimum Gasteiger partial charge on any atom is -0.357 e. The van der Waals surface area contributed by atoms with E-state index in [0.717, 1.165) is 25.2 Å². The van der Waals surface area contributed by atoms with Crippen LogP contribution >= 0.6 is 0 Å². The van der Waals surface area contributed by atoms with Gasteiger partial charge in [-0.05, 0) is 51.4 Å². The number of aromatic amines is 1. The van der Waals surface area contributed by atoms with E-state index in [9.17, 15) is 9.59 Å². The van der Waals surface area contributed by atoms with Crippen molar-refractivity contribution in [3.63, 3.8) is 0 Å². The Labute approximate surface area is 172 Å². The maximum Gasteiger partial charge on any atom is 0.327 e. The maximum atomic E-state index is 13.3. The number of fused-ring (bicyclic) bond motifs is 1. The molecule has 2 aliphatic heterocycles. The van der Waals surface area contributed by atoms with Gasteiger partial charge in [0, 0.05) is 50.5 Å². The number of hydrogen-bond donors (Lipinski definition) is 1. The molecular weight excluding hydrogens is 366 g/mol. The van der Waals surface area contributed by atoms with Crippen LogP contribution in [0.4, 0.5) is 4.79 Å². The molecule has 4 rings (SSSR count). The Balaban J connectivity index is 1.45. The lowest BCUT2D eigenvalue weighted by atomic mass is 9.85. The zero-order valence-corrected chi connectivity index (χ0v) is 17.6. The van der Waals surface area contributed by atoms with E-state index in [1.165, 1.54) is 16.0 Å². The molecule has 156 valence electrons. The normalized spacial score (nSPS) is 20.0. The largest absolute Gasteiger partial charge is 0.357 e. The highest BCUT2D eigenvalue weighted by molar-refractivity contribution is 6.07. The highest BCUT2D eigenvalue weighted by Crippen LogP contribution is 2.37. The summed E-state index contributed by atoms with van der Waals surface area (Å²) in [4.78, 5) is 37.3. The van der Waals surface area contributed by atoms with E-state index in [-0.39, 0.29) is 11.9 Å². The molecule has 0 bridgehead atoms. The fourth-order valence-electron chi connectivity index (χ4n) is 4.74. The number of aromatic nitrogens is 1. The van der Waals surface area contributed by atoms with Crippen molar-refractivity contribution in [2.24, 2.45) is 0 Å². The van der Waals surface area contributed by atoms with E-state index in [1.807, 2.05) is 36.9 Å². The third-order valence-corrected chi connectivity index (χ3v) is 6.37. The smallest absolute Gasteiger partial charge is 0.327 e. The predicted molar refractivity (Wildman–Crippen MR) is 114 cm³/mol. The minimum absolute atomic E-state index is 0.00328. The number of benzene rings is 1. The predicted octanol–water partition coefficient (Wildman–Crippen LogP) is 2.35. The van der Waals surface area contributed by atoms with Crippen molar-refractivity contribution in [3.8, 4) is 0 Å². The zero-order chi connectivity index (χ0) is 20.6. The summed E-state index contributed by atoms with van der Waals surface area (Å²) in [6, 6.07) is 10.4. The number of imide groups is 1. The van der Waals surface area contributed by atoms with Crippen LogP contribution in [-0.2, 0) is 11.3 Å². The third-order valence-electron chi connectivity index (χ3n) is 6.37. The Kier molecular flexibility index (Phi) is 5.36. The first-order valence-corrected chi connectivity index (χ1v) is 10.5. The number of carbonyl (C=O) groups is 2. The van der Waals surface area contributed by atoms with Crippen molar-refractivity contribution < 1.29 is 9.59 Å². The molecular formula is C22H31N5O2. The van der Waals surface area contributed by atoms with E-state index in [2.05, 4.69) is 34.1 Å². The van der Waals surface area contributed by atoms with Crippen LogP contribution in [0.15, 0.2) is 30.3 Å². The van der Waals surface area contributed by atoms with Crippen LogP contribution in [0.3, 0.4) is 0 Å². The molecule has 7 nitrogen and oxygen atoms in total. The van der Waals surface area contributed by atoms with Crippen molar-refractivity contribution in [2.45, 2.75) is 31.8 Å². The Bertz CT molecular complexity index is 864. The summed E-state index contributed by atoms with van der Waals surface area (Å²) in [6.07, 6.45) is 1.40. The molecule has 2 aromatic rings. The van der Waals surface area contributed by atoms with Crippen molar-refractivity contribution in [1.82, 2.24) is 24.6 Å². The van der Waals surface area contributed by atoms with Gasteiger partial charge >= 0.3 is 6.03 Å². The summed E-state index contributed by atoms with van der Waals surface area (Å²) in [7, 11) is 3.92. The molecule has 1 N–H and O–H groups in total. The molecule has 2 saturated heterocycles. The lowest BCUT2D eigenvalue weighted by molar-refractivity contribution is -0.135. The van der Waals surface area contributed by atoms with E-state index < -0.39 is 5.54 Å². The van der Waals surface area contributed by atoms with Crippen LogP contribution in [0.5, 0.6) is 0 Å². The molecule has 2 aliphatic rings. The number of carbonyl (C=O) groups excluding carboxylic acids is 2. The summed E-state index contributed by atoms with van der Waals surface area (Å²) in [5.74, 6) is -0.00328. The number of hydrogen-bond acceptors (Lipinski definition) is 4. The summed E-state index contributed by atoms with van der Waals surface area (Å²) in [5, 5.41) is 1.22. The van der Waals surface area contributed by atoms with Gasteiger partial charge in [0.15, 0.2) is 0 Å². The van der Waals surface area contributed by atoms with Gasteiger partial charge in [-0.15, -0.1) is 0 Å². The fourth-order valence-corrected chi connectivity index (χ4v) is 4.74. The highest BCUT2D eigenvalue weighted by atomic mass is 16.2. The van der Waals surface area contributed by atoms with Crippen molar-refractivity contribution >= 4 is 22.8 Å². The monoisotopic (exact) mass is 397 g/mol. The third kappa shape index (κ3) is 3.53. The lowest BCUT2D eigenvalue weighted by Crippen LogP contribution is -2.56. The molecule has 1 aromatic heterocycles. The number of nitrogens with one attached hydrogen (secondary N) is 1. The van der Waals surface area contributed by atoms with Crippen LogP contribution in [0.25, 0.3) is 10.9 Å². The van der Waals surface area contributed by atoms with Gasteiger partial charge in [0.1, 0.15) is 5.54 Å². The molecule has 7 heteroatoms. The molecule has 0 radical (unpaired) electrons. The number of urea groups is 1. The molecule has 0 atom stereocenters. The Hall–Kier alpha value is -2.38. The van der Waals surface area contributed by atoms with Gasteiger partial charge in [0.2, 0.25) is 0 Å². The van der Waals surface area contributed by atoms with Crippen LogP contribution in [0, 0.1) is 0 Å². The number of para-hydroxylation sites is 1. The fraction of sp³-hybridized carbons (Fsp3) is 0.545. The number of amides is 3. The SMILES string of the molecule is CCN1C(=O)N(CCN(C)C)C(=O)C12CCN(Cc1cc3ccccc3[nH]1)CC2. The van der Waals surface area contributed by atoms with Crippen molar-refractivity contribution in [1.29, 1.82) is 0 Å². The molecule has 0 unspecified atom stereocenters. The van der Waals surface area contributed by atoms with E-state index in [1.54, 1.807) is 0 Å². The van der Waals surface area contributed by atoms with Crippen LogP contribution in [-0.4, -0.2) is 88.9 Å². The Morgan fingerprint density at radius 1 is 1.14 bits per heavy atom. The zero-order valence-electron chi connectivity index (χ0n) is 17.6. The topological polar surface area (TPSA) is 62.9 Å². The molecule has 3 amide bonds. The molecule has 29 heavy (non-hydrogen) atoms. The van der Waals surface area contributed by atoms with Crippen LogP contribution in [0.1, 0.15) is 25.5 Å². The van der Waals surface area contributed by atoms with Gasteiger partial charge in [-0.25, -0.2) is 4.79 Å². The second-order valence-electron chi connectivity index (χ2n) is 8.48. The minimum atomic E-state index is -0.658.